The Morgan fingerprint density at radius 3 is 2.62 bits per heavy atom. The average molecular weight is 280 g/mol. The van der Waals surface area contributed by atoms with Crippen LogP contribution in [0, 0.1) is 18.8 Å². The predicted octanol–water partition coefficient (Wildman–Crippen LogP) is 1.66. The zero-order chi connectivity index (χ0) is 15.1. The summed E-state index contributed by atoms with van der Waals surface area (Å²) in [5.74, 6) is 5.20. The zero-order valence-electron chi connectivity index (χ0n) is 11.8. The van der Waals surface area contributed by atoms with Crippen molar-refractivity contribution >= 4 is 5.91 Å². The average Bonchev–Trinajstić information content (AvgIpc) is 2.52. The number of hydrogen-bond acceptors (Lipinski definition) is 3. The molecule has 0 bridgehead atoms. The van der Waals surface area contributed by atoms with E-state index in [0.717, 1.165) is 16.8 Å². The second-order valence-electron chi connectivity index (χ2n) is 4.53. The van der Waals surface area contributed by atoms with Gasteiger partial charge in [-0.1, -0.05) is 17.9 Å². The largest absolute Gasteiger partial charge is 0.384 e. The number of carbonyl (C=O) groups is 1. The Balaban J connectivity index is 1.95. The SMILES string of the molecule is Cc1ccc(CNC(=O)c2ccc(C#CCO)cc2)cn1. The first-order chi connectivity index (χ1) is 10.2. The Morgan fingerprint density at radius 1 is 1.24 bits per heavy atom. The molecule has 4 nitrogen and oxygen atoms in total. The van der Waals surface area contributed by atoms with Gasteiger partial charge in [0.1, 0.15) is 6.61 Å². The van der Waals surface area contributed by atoms with Gasteiger partial charge < -0.3 is 10.4 Å². The molecule has 0 aliphatic heterocycles. The molecule has 0 unspecified atom stereocenters. The number of aliphatic hydroxyl groups excluding tert-OH is 1. The molecule has 0 aliphatic rings. The number of nitrogens with zero attached hydrogens (tertiary/aromatic N) is 1. The van der Waals surface area contributed by atoms with Crippen molar-refractivity contribution in [2.24, 2.45) is 0 Å². The fraction of sp³-hybridized carbons (Fsp3) is 0.176. The lowest BCUT2D eigenvalue weighted by molar-refractivity contribution is 0.0951. The van der Waals surface area contributed by atoms with E-state index in [2.05, 4.69) is 22.1 Å². The van der Waals surface area contributed by atoms with Gasteiger partial charge in [0, 0.05) is 29.6 Å². The fourth-order valence-electron chi connectivity index (χ4n) is 1.73. The summed E-state index contributed by atoms with van der Waals surface area (Å²) < 4.78 is 0. The predicted molar refractivity (Wildman–Crippen MR) is 80.6 cm³/mol. The molecule has 0 spiro atoms. The lowest BCUT2D eigenvalue weighted by atomic mass is 10.1. The minimum absolute atomic E-state index is 0.141. The van der Waals surface area contributed by atoms with Crippen LogP contribution in [-0.4, -0.2) is 22.6 Å². The molecule has 0 saturated carbocycles. The summed E-state index contributed by atoms with van der Waals surface area (Å²) >= 11 is 0. The van der Waals surface area contributed by atoms with Crippen molar-refractivity contribution in [1.29, 1.82) is 0 Å². The van der Waals surface area contributed by atoms with Gasteiger partial charge in [0.25, 0.3) is 5.91 Å². The van der Waals surface area contributed by atoms with Crippen LogP contribution in [0.25, 0.3) is 0 Å². The van der Waals surface area contributed by atoms with Crippen molar-refractivity contribution < 1.29 is 9.90 Å². The quantitative estimate of drug-likeness (QED) is 0.841. The molecule has 0 fully saturated rings. The number of benzene rings is 1. The number of aliphatic hydroxyl groups is 1. The summed E-state index contributed by atoms with van der Waals surface area (Å²) in [6.07, 6.45) is 1.75. The molecule has 2 N–H and O–H groups in total. The summed E-state index contributed by atoms with van der Waals surface area (Å²) in [6, 6.07) is 10.8. The highest BCUT2D eigenvalue weighted by atomic mass is 16.2. The van der Waals surface area contributed by atoms with E-state index >= 15 is 0 Å². The first-order valence-electron chi connectivity index (χ1n) is 6.58. The Kier molecular flexibility index (Phi) is 5.08. The number of carbonyl (C=O) groups excluding carboxylic acids is 1. The lowest BCUT2D eigenvalue weighted by Crippen LogP contribution is -2.22. The molecule has 2 aromatic rings. The van der Waals surface area contributed by atoms with E-state index in [1.54, 1.807) is 30.5 Å². The van der Waals surface area contributed by atoms with E-state index in [1.165, 1.54) is 0 Å². The highest BCUT2D eigenvalue weighted by Crippen LogP contribution is 2.04. The molecule has 0 radical (unpaired) electrons. The lowest BCUT2D eigenvalue weighted by Gasteiger charge is -2.05. The van der Waals surface area contributed by atoms with Crippen LogP contribution >= 0.6 is 0 Å². The van der Waals surface area contributed by atoms with E-state index in [-0.39, 0.29) is 12.5 Å². The van der Waals surface area contributed by atoms with Gasteiger partial charge in [0.15, 0.2) is 0 Å². The molecule has 1 aromatic heterocycles. The maximum Gasteiger partial charge on any atom is 0.251 e. The van der Waals surface area contributed by atoms with Crippen LogP contribution in [0.3, 0.4) is 0 Å². The number of nitrogens with one attached hydrogen (secondary N) is 1. The topological polar surface area (TPSA) is 62.2 Å². The van der Waals surface area contributed by atoms with Gasteiger partial charge in [-0.15, -0.1) is 0 Å². The molecule has 106 valence electrons. The van der Waals surface area contributed by atoms with Crippen molar-refractivity contribution in [3.05, 3.63) is 65.0 Å². The normalized spacial score (nSPS) is 9.62. The Hall–Kier alpha value is -2.64. The van der Waals surface area contributed by atoms with Crippen LogP contribution in [0.5, 0.6) is 0 Å². The van der Waals surface area contributed by atoms with Gasteiger partial charge >= 0.3 is 0 Å². The van der Waals surface area contributed by atoms with Crippen LogP contribution in [0.1, 0.15) is 27.2 Å². The minimum Gasteiger partial charge on any atom is -0.384 e. The molecule has 4 heteroatoms. The summed E-state index contributed by atoms with van der Waals surface area (Å²) in [7, 11) is 0. The van der Waals surface area contributed by atoms with Gasteiger partial charge in [-0.2, -0.15) is 0 Å². The molecular formula is C17H16N2O2. The van der Waals surface area contributed by atoms with Gasteiger partial charge in [0.2, 0.25) is 0 Å². The van der Waals surface area contributed by atoms with Gasteiger partial charge in [0.05, 0.1) is 0 Å². The highest BCUT2D eigenvalue weighted by molar-refractivity contribution is 5.94. The first kappa shape index (κ1) is 14.8. The molecular weight excluding hydrogens is 264 g/mol. The number of rotatable bonds is 3. The van der Waals surface area contributed by atoms with Crippen LogP contribution in [0.2, 0.25) is 0 Å². The first-order valence-corrected chi connectivity index (χ1v) is 6.58. The van der Waals surface area contributed by atoms with E-state index in [4.69, 9.17) is 5.11 Å². The summed E-state index contributed by atoms with van der Waals surface area (Å²) in [5, 5.41) is 11.5. The van der Waals surface area contributed by atoms with Crippen LogP contribution < -0.4 is 5.32 Å². The van der Waals surface area contributed by atoms with Crippen molar-refractivity contribution in [2.75, 3.05) is 6.61 Å². The Morgan fingerprint density at radius 2 is 2.00 bits per heavy atom. The summed E-state index contributed by atoms with van der Waals surface area (Å²) in [5.41, 5.74) is 3.25. The third kappa shape index (κ3) is 4.44. The second kappa shape index (κ2) is 7.22. The van der Waals surface area contributed by atoms with Crippen molar-refractivity contribution in [3.63, 3.8) is 0 Å². The molecule has 0 atom stereocenters. The monoisotopic (exact) mass is 280 g/mol. The highest BCUT2D eigenvalue weighted by Gasteiger charge is 2.04. The van der Waals surface area contributed by atoms with Crippen LogP contribution in [-0.2, 0) is 6.54 Å². The maximum atomic E-state index is 12.0. The van der Waals surface area contributed by atoms with Crippen molar-refractivity contribution in [2.45, 2.75) is 13.5 Å². The number of hydrogen-bond donors (Lipinski definition) is 2. The molecule has 21 heavy (non-hydrogen) atoms. The van der Waals surface area contributed by atoms with Crippen LogP contribution in [0.4, 0.5) is 0 Å². The van der Waals surface area contributed by atoms with Crippen molar-refractivity contribution in [1.82, 2.24) is 10.3 Å². The molecule has 1 aromatic carbocycles. The standard InChI is InChI=1S/C17H16N2O2/c1-13-4-5-15(11-18-13)12-19-17(21)16-8-6-14(7-9-16)3-2-10-20/h4-9,11,20H,10,12H2,1H3,(H,19,21). The molecule has 1 heterocycles. The molecule has 1 amide bonds. The molecule has 2 rings (SSSR count). The summed E-state index contributed by atoms with van der Waals surface area (Å²) in [4.78, 5) is 16.2. The van der Waals surface area contributed by atoms with E-state index in [0.29, 0.717) is 12.1 Å². The smallest absolute Gasteiger partial charge is 0.251 e. The van der Waals surface area contributed by atoms with Crippen LogP contribution in [0.15, 0.2) is 42.6 Å². The Bertz CT molecular complexity index is 665. The van der Waals surface area contributed by atoms with Gasteiger partial charge in [-0.25, -0.2) is 0 Å². The van der Waals surface area contributed by atoms with Crippen molar-refractivity contribution in [3.8, 4) is 11.8 Å². The number of aryl methyl sites for hydroxylation is 1. The van der Waals surface area contributed by atoms with E-state index in [1.807, 2.05) is 19.1 Å². The van der Waals surface area contributed by atoms with E-state index < -0.39 is 0 Å². The summed E-state index contributed by atoms with van der Waals surface area (Å²) in [6.45, 7) is 2.19. The minimum atomic E-state index is -0.174. The second-order valence-corrected chi connectivity index (χ2v) is 4.53. The molecule has 0 saturated heterocycles. The van der Waals surface area contributed by atoms with Gasteiger partial charge in [-0.05, 0) is 42.8 Å². The number of amides is 1. The number of pyridine rings is 1. The third-order valence-corrected chi connectivity index (χ3v) is 2.88. The maximum absolute atomic E-state index is 12.0. The Labute approximate surface area is 123 Å². The zero-order valence-corrected chi connectivity index (χ0v) is 11.8. The number of aromatic nitrogens is 1. The molecule has 0 aliphatic carbocycles. The third-order valence-electron chi connectivity index (χ3n) is 2.88. The van der Waals surface area contributed by atoms with E-state index in [9.17, 15) is 4.79 Å². The fourth-order valence-corrected chi connectivity index (χ4v) is 1.73. The van der Waals surface area contributed by atoms with Gasteiger partial charge in [-0.3, -0.25) is 9.78 Å².